The Morgan fingerprint density at radius 1 is 1.23 bits per heavy atom. The van der Waals surface area contributed by atoms with E-state index >= 15 is 0 Å². The van der Waals surface area contributed by atoms with Gasteiger partial charge in [0.05, 0.1) is 6.04 Å². The maximum atomic E-state index is 12.9. The van der Waals surface area contributed by atoms with Crippen LogP contribution in [0.2, 0.25) is 5.15 Å². The number of carbonyl (C=O) groups is 1. The van der Waals surface area contributed by atoms with Crippen LogP contribution in [-0.2, 0) is 11.2 Å². The second-order valence-electron chi connectivity index (χ2n) is 7.70. The van der Waals surface area contributed by atoms with Crippen molar-refractivity contribution in [3.05, 3.63) is 64.4 Å². The lowest BCUT2D eigenvalue weighted by molar-refractivity contribution is 0.00570. The van der Waals surface area contributed by atoms with Crippen molar-refractivity contribution in [3.8, 4) is 0 Å². The number of halogens is 1. The van der Waals surface area contributed by atoms with Crippen LogP contribution in [0, 0.1) is 0 Å². The highest BCUT2D eigenvalue weighted by atomic mass is 35.5. The molecule has 0 amide bonds. The van der Waals surface area contributed by atoms with E-state index < -0.39 is 5.60 Å². The van der Waals surface area contributed by atoms with E-state index in [1.807, 2.05) is 43.5 Å². The largest absolute Gasteiger partial charge is 0.455 e. The molecule has 0 N–H and O–H groups in total. The number of aromatic nitrogens is 2. The first-order valence-electron chi connectivity index (χ1n) is 8.82. The van der Waals surface area contributed by atoms with E-state index in [1.54, 1.807) is 6.07 Å². The molecule has 5 heteroatoms. The summed E-state index contributed by atoms with van der Waals surface area (Å²) in [5, 5.41) is 1.30. The first-order valence-corrected chi connectivity index (χ1v) is 9.20. The Kier molecular flexibility index (Phi) is 4.03. The summed E-state index contributed by atoms with van der Waals surface area (Å²) in [7, 11) is 0. The van der Waals surface area contributed by atoms with E-state index in [0.29, 0.717) is 10.8 Å². The zero-order valence-corrected chi connectivity index (χ0v) is 15.9. The number of fused-ring (bicyclic) bond motifs is 2. The third-order valence-electron chi connectivity index (χ3n) is 4.67. The van der Waals surface area contributed by atoms with Crippen LogP contribution < -0.4 is 0 Å². The van der Waals surface area contributed by atoms with E-state index in [-0.39, 0.29) is 12.0 Å². The quantitative estimate of drug-likeness (QED) is 0.462. The molecule has 0 spiro atoms. The maximum absolute atomic E-state index is 12.9. The third-order valence-corrected chi connectivity index (χ3v) is 4.88. The van der Waals surface area contributed by atoms with Gasteiger partial charge in [0.25, 0.3) is 0 Å². The van der Waals surface area contributed by atoms with Gasteiger partial charge in [0.15, 0.2) is 0 Å². The van der Waals surface area contributed by atoms with E-state index in [4.69, 9.17) is 16.3 Å². The predicted octanol–water partition coefficient (Wildman–Crippen LogP) is 5.18. The highest BCUT2D eigenvalue weighted by Crippen LogP contribution is 2.38. The second-order valence-corrected chi connectivity index (χ2v) is 8.09. The fourth-order valence-corrected chi connectivity index (χ4v) is 3.82. The summed E-state index contributed by atoms with van der Waals surface area (Å²) in [6.45, 7) is 5.62. The van der Waals surface area contributed by atoms with E-state index in [0.717, 1.165) is 23.9 Å². The molecule has 0 aliphatic heterocycles. The molecule has 0 bridgehead atoms. The summed E-state index contributed by atoms with van der Waals surface area (Å²) in [5.74, 6) is -0.337. The molecule has 0 saturated heterocycles. The number of hydrogen-bond acceptors (Lipinski definition) is 3. The summed E-state index contributed by atoms with van der Waals surface area (Å²) in [6, 6.07) is 13.9. The Morgan fingerprint density at radius 2 is 2.00 bits per heavy atom. The Hall–Kier alpha value is -2.33. The molecule has 26 heavy (non-hydrogen) atoms. The van der Waals surface area contributed by atoms with Crippen LogP contribution in [0.4, 0.5) is 0 Å². The maximum Gasteiger partial charge on any atom is 0.355 e. The number of rotatable bonds is 2. The normalized spacial score (nSPS) is 16.7. The van der Waals surface area contributed by atoms with Crippen LogP contribution >= 0.6 is 11.6 Å². The molecule has 0 fully saturated rings. The van der Waals surface area contributed by atoms with Crippen LogP contribution in [0.25, 0.3) is 11.0 Å². The van der Waals surface area contributed by atoms with Gasteiger partial charge in [-0.25, -0.2) is 9.78 Å². The Bertz CT molecular complexity index is 1000. The highest BCUT2D eigenvalue weighted by molar-refractivity contribution is 6.29. The Balaban J connectivity index is 1.91. The molecule has 4 nitrogen and oxygen atoms in total. The van der Waals surface area contributed by atoms with Gasteiger partial charge in [0.2, 0.25) is 0 Å². The van der Waals surface area contributed by atoms with Crippen molar-refractivity contribution < 1.29 is 9.53 Å². The lowest BCUT2D eigenvalue weighted by atomic mass is 10.1. The average molecular weight is 369 g/mol. The minimum Gasteiger partial charge on any atom is -0.455 e. The van der Waals surface area contributed by atoms with Crippen LogP contribution in [0.1, 0.15) is 54.8 Å². The number of hydrogen-bond donors (Lipinski definition) is 0. The van der Waals surface area contributed by atoms with Crippen molar-refractivity contribution in [2.45, 2.75) is 45.3 Å². The number of esters is 1. The number of carbonyl (C=O) groups excluding carboxylic acids is 1. The van der Waals surface area contributed by atoms with Crippen molar-refractivity contribution in [1.82, 2.24) is 9.55 Å². The van der Waals surface area contributed by atoms with Gasteiger partial charge < -0.3 is 9.30 Å². The average Bonchev–Trinajstić information content (AvgIpc) is 3.13. The minimum atomic E-state index is -0.559. The van der Waals surface area contributed by atoms with Gasteiger partial charge in [-0.15, -0.1) is 0 Å². The molecule has 1 aliphatic carbocycles. The fourth-order valence-electron chi connectivity index (χ4n) is 3.68. The minimum absolute atomic E-state index is 0.0529. The van der Waals surface area contributed by atoms with Crippen LogP contribution in [0.3, 0.4) is 0 Å². The molecular weight excluding hydrogens is 348 g/mol. The standard InChI is InChI=1S/C21H21ClN2O2/c1-21(2,3)26-20(25)17-12-14-9-11-18(22)23-19(14)24(17)16-10-8-13-6-4-5-7-15(13)16/h4-7,9,11-12,16H,8,10H2,1-3H3. The smallest absolute Gasteiger partial charge is 0.355 e. The van der Waals surface area contributed by atoms with Gasteiger partial charge in [-0.3, -0.25) is 0 Å². The molecule has 0 saturated carbocycles. The molecular formula is C21H21ClN2O2. The van der Waals surface area contributed by atoms with Crippen LogP contribution in [0.15, 0.2) is 42.5 Å². The summed E-state index contributed by atoms with van der Waals surface area (Å²) in [6.07, 6.45) is 1.90. The number of pyridine rings is 1. The first-order chi connectivity index (χ1) is 12.3. The monoisotopic (exact) mass is 368 g/mol. The molecule has 0 radical (unpaired) electrons. The number of nitrogens with zero attached hydrogens (tertiary/aromatic N) is 2. The van der Waals surface area contributed by atoms with Crippen LogP contribution in [-0.4, -0.2) is 21.1 Å². The van der Waals surface area contributed by atoms with Crippen molar-refractivity contribution >= 4 is 28.6 Å². The summed E-state index contributed by atoms with van der Waals surface area (Å²) in [5.41, 5.74) is 3.23. The lowest BCUT2D eigenvalue weighted by Gasteiger charge is -2.22. The molecule has 134 valence electrons. The van der Waals surface area contributed by atoms with Gasteiger partial charge >= 0.3 is 5.97 Å². The molecule has 4 rings (SSSR count). The molecule has 1 atom stereocenters. The van der Waals surface area contributed by atoms with Gasteiger partial charge in [0, 0.05) is 5.39 Å². The van der Waals surface area contributed by atoms with Crippen molar-refractivity contribution in [2.24, 2.45) is 0 Å². The van der Waals surface area contributed by atoms with E-state index in [1.165, 1.54) is 11.1 Å². The third kappa shape index (κ3) is 2.99. The van der Waals surface area contributed by atoms with Gasteiger partial charge in [-0.2, -0.15) is 0 Å². The van der Waals surface area contributed by atoms with E-state index in [9.17, 15) is 4.79 Å². The van der Waals surface area contributed by atoms with Gasteiger partial charge in [-0.05, 0) is 62.9 Å². The molecule has 2 heterocycles. The second kappa shape index (κ2) is 6.13. The zero-order chi connectivity index (χ0) is 18.5. The van der Waals surface area contributed by atoms with Crippen molar-refractivity contribution in [3.63, 3.8) is 0 Å². The Labute approximate surface area is 157 Å². The molecule has 2 aromatic heterocycles. The molecule has 1 aliphatic rings. The fraction of sp³-hybridized carbons (Fsp3) is 0.333. The predicted molar refractivity (Wildman–Crippen MR) is 103 cm³/mol. The first kappa shape index (κ1) is 17.1. The molecule has 3 aromatic rings. The van der Waals surface area contributed by atoms with Crippen LogP contribution in [0.5, 0.6) is 0 Å². The number of benzene rings is 1. The van der Waals surface area contributed by atoms with Crippen molar-refractivity contribution in [1.29, 1.82) is 0 Å². The van der Waals surface area contributed by atoms with Gasteiger partial charge in [0.1, 0.15) is 22.1 Å². The van der Waals surface area contributed by atoms with Crippen molar-refractivity contribution in [2.75, 3.05) is 0 Å². The molecule has 1 unspecified atom stereocenters. The summed E-state index contributed by atoms with van der Waals surface area (Å²) in [4.78, 5) is 17.4. The Morgan fingerprint density at radius 3 is 2.77 bits per heavy atom. The lowest BCUT2D eigenvalue weighted by Crippen LogP contribution is -2.26. The van der Waals surface area contributed by atoms with E-state index in [2.05, 4.69) is 23.2 Å². The number of aryl methyl sites for hydroxylation is 1. The zero-order valence-electron chi connectivity index (χ0n) is 15.1. The van der Waals surface area contributed by atoms with Gasteiger partial charge in [-0.1, -0.05) is 35.9 Å². The number of ether oxygens (including phenoxy) is 1. The topological polar surface area (TPSA) is 44.1 Å². The SMILES string of the molecule is CC(C)(C)OC(=O)c1cc2ccc(Cl)nc2n1C1CCc2ccccc21. The summed E-state index contributed by atoms with van der Waals surface area (Å²) >= 11 is 6.15. The summed E-state index contributed by atoms with van der Waals surface area (Å²) < 4.78 is 7.65. The highest BCUT2D eigenvalue weighted by Gasteiger charge is 2.31. The molecule has 1 aromatic carbocycles.